The summed E-state index contributed by atoms with van der Waals surface area (Å²) in [6, 6.07) is 8.80. The minimum Gasteiger partial charge on any atom is -0.316 e. The Morgan fingerprint density at radius 1 is 1.28 bits per heavy atom. The van der Waals surface area contributed by atoms with Crippen molar-refractivity contribution in [3.63, 3.8) is 0 Å². The minimum atomic E-state index is 0.798. The first kappa shape index (κ1) is 13.4. The molecule has 1 N–H and O–H groups in total. The van der Waals surface area contributed by atoms with Crippen LogP contribution in [0.15, 0.2) is 29.8 Å². The Bertz CT molecular complexity index is 400. The molecule has 1 heteroatoms. The average Bonchev–Trinajstić information content (AvgIpc) is 2.39. The van der Waals surface area contributed by atoms with Crippen molar-refractivity contribution in [1.29, 1.82) is 0 Å². The molecule has 0 saturated heterocycles. The summed E-state index contributed by atoms with van der Waals surface area (Å²) in [4.78, 5) is 0. The van der Waals surface area contributed by atoms with E-state index in [0.29, 0.717) is 0 Å². The van der Waals surface area contributed by atoms with Crippen molar-refractivity contribution in [2.45, 2.75) is 39.0 Å². The largest absolute Gasteiger partial charge is 0.316 e. The van der Waals surface area contributed by atoms with Gasteiger partial charge in [0.15, 0.2) is 0 Å². The first-order valence-corrected chi connectivity index (χ1v) is 7.21. The van der Waals surface area contributed by atoms with Gasteiger partial charge in [0, 0.05) is 6.54 Å². The molecule has 0 atom stereocenters. The second kappa shape index (κ2) is 6.75. The fourth-order valence-corrected chi connectivity index (χ4v) is 2.96. The van der Waals surface area contributed by atoms with Gasteiger partial charge in [-0.1, -0.05) is 60.7 Å². The van der Waals surface area contributed by atoms with Crippen molar-refractivity contribution in [1.82, 2.24) is 5.32 Å². The van der Waals surface area contributed by atoms with Crippen LogP contribution in [0.2, 0.25) is 0 Å². The van der Waals surface area contributed by atoms with E-state index in [1.807, 2.05) is 7.05 Å². The summed E-state index contributed by atoms with van der Waals surface area (Å²) in [6.07, 6.45) is 9.38. The van der Waals surface area contributed by atoms with Crippen LogP contribution in [-0.4, -0.2) is 13.6 Å². The number of benzene rings is 1. The van der Waals surface area contributed by atoms with Crippen LogP contribution >= 0.6 is 0 Å². The predicted octanol–water partition coefficient (Wildman–Crippen LogP) is 4.18. The maximum absolute atomic E-state index is 3.33. The van der Waals surface area contributed by atoms with E-state index in [4.69, 9.17) is 0 Å². The molecule has 0 unspecified atom stereocenters. The highest BCUT2D eigenvalue weighted by atomic mass is 14.8. The van der Waals surface area contributed by atoms with Gasteiger partial charge in [-0.3, -0.25) is 0 Å². The molecule has 1 aliphatic carbocycles. The van der Waals surface area contributed by atoms with Crippen molar-refractivity contribution >= 4 is 6.08 Å². The third-order valence-electron chi connectivity index (χ3n) is 3.90. The number of hydrogen-bond acceptors (Lipinski definition) is 1. The zero-order chi connectivity index (χ0) is 12.8. The maximum atomic E-state index is 3.33. The number of nitrogens with one attached hydrogen (secondary N) is 1. The molecule has 1 aromatic carbocycles. The van der Waals surface area contributed by atoms with Crippen LogP contribution in [0.3, 0.4) is 0 Å². The van der Waals surface area contributed by atoms with Gasteiger partial charge in [-0.2, -0.15) is 0 Å². The van der Waals surface area contributed by atoms with E-state index >= 15 is 0 Å². The van der Waals surface area contributed by atoms with Gasteiger partial charge in [-0.15, -0.1) is 0 Å². The number of hydrogen-bond donors (Lipinski definition) is 1. The molecule has 1 fully saturated rings. The third-order valence-corrected chi connectivity index (χ3v) is 3.90. The molecule has 0 radical (unpaired) electrons. The van der Waals surface area contributed by atoms with Gasteiger partial charge in [0.2, 0.25) is 0 Å². The highest BCUT2D eigenvalue weighted by Gasteiger charge is 2.17. The molecule has 0 spiro atoms. The van der Waals surface area contributed by atoms with E-state index in [9.17, 15) is 0 Å². The fraction of sp³-hybridized carbons (Fsp3) is 0.529. The second-order valence-corrected chi connectivity index (χ2v) is 5.50. The Balaban J connectivity index is 2.17. The molecule has 1 aliphatic rings. The molecule has 0 heterocycles. The van der Waals surface area contributed by atoms with Crippen LogP contribution in [0.5, 0.6) is 0 Å². The Morgan fingerprint density at radius 3 is 2.72 bits per heavy atom. The smallest absolute Gasteiger partial charge is 0.0167 e. The van der Waals surface area contributed by atoms with Crippen molar-refractivity contribution < 1.29 is 0 Å². The van der Waals surface area contributed by atoms with Gasteiger partial charge in [0.25, 0.3) is 0 Å². The van der Waals surface area contributed by atoms with Gasteiger partial charge < -0.3 is 5.32 Å². The quantitative estimate of drug-likeness (QED) is 0.836. The van der Waals surface area contributed by atoms with E-state index < -0.39 is 0 Å². The van der Waals surface area contributed by atoms with Gasteiger partial charge in [-0.05, 0) is 38.3 Å². The van der Waals surface area contributed by atoms with E-state index in [-0.39, 0.29) is 0 Å². The molecule has 1 saturated carbocycles. The van der Waals surface area contributed by atoms with Crippen LogP contribution < -0.4 is 5.32 Å². The van der Waals surface area contributed by atoms with E-state index in [2.05, 4.69) is 42.6 Å². The van der Waals surface area contributed by atoms with Crippen molar-refractivity contribution in [2.24, 2.45) is 5.92 Å². The lowest BCUT2D eigenvalue weighted by Gasteiger charge is -2.24. The summed E-state index contributed by atoms with van der Waals surface area (Å²) in [5.74, 6) is 0.798. The Labute approximate surface area is 111 Å². The normalized spacial score (nSPS) is 18.0. The Kier molecular flexibility index (Phi) is 5.00. The molecule has 1 aromatic rings. The van der Waals surface area contributed by atoms with Crippen molar-refractivity contribution in [3.05, 3.63) is 41.0 Å². The highest BCUT2D eigenvalue weighted by Crippen LogP contribution is 2.30. The average molecular weight is 243 g/mol. The Morgan fingerprint density at radius 2 is 2.06 bits per heavy atom. The summed E-state index contributed by atoms with van der Waals surface area (Å²) in [7, 11) is 2.05. The monoisotopic (exact) mass is 243 g/mol. The van der Waals surface area contributed by atoms with Crippen LogP contribution in [-0.2, 0) is 0 Å². The lowest BCUT2D eigenvalue weighted by atomic mass is 9.83. The zero-order valence-corrected chi connectivity index (χ0v) is 11.7. The van der Waals surface area contributed by atoms with Crippen LogP contribution in [0.1, 0.15) is 43.2 Å². The first-order valence-electron chi connectivity index (χ1n) is 7.21. The van der Waals surface area contributed by atoms with Crippen LogP contribution in [0.25, 0.3) is 6.08 Å². The lowest BCUT2D eigenvalue weighted by molar-refractivity contribution is 0.398. The first-order chi connectivity index (χ1) is 8.79. The second-order valence-electron chi connectivity index (χ2n) is 5.50. The fourth-order valence-electron chi connectivity index (χ4n) is 2.96. The van der Waals surface area contributed by atoms with E-state index in [1.165, 1.54) is 43.2 Å². The molecular formula is C17H25N. The molecule has 18 heavy (non-hydrogen) atoms. The zero-order valence-electron chi connectivity index (χ0n) is 11.7. The van der Waals surface area contributed by atoms with Gasteiger partial charge in [0.05, 0.1) is 0 Å². The van der Waals surface area contributed by atoms with E-state index in [1.54, 1.807) is 5.57 Å². The molecule has 0 bridgehead atoms. The summed E-state index contributed by atoms with van der Waals surface area (Å²) in [6.45, 7) is 3.19. The van der Waals surface area contributed by atoms with E-state index in [0.717, 1.165) is 12.5 Å². The standard InChI is InChI=1S/C17H25N/c1-14-7-6-8-15(11-14)12-17(13-18-2)16-9-4-3-5-10-16/h6-8,11-12,16,18H,3-5,9-10,13H2,1-2H3. The topological polar surface area (TPSA) is 12.0 Å². The number of likely N-dealkylation sites (N-methyl/N-ethyl adjacent to an activating group) is 1. The number of aryl methyl sites for hydroxylation is 1. The van der Waals surface area contributed by atoms with Gasteiger partial charge in [0.1, 0.15) is 0 Å². The van der Waals surface area contributed by atoms with Crippen molar-refractivity contribution in [3.8, 4) is 0 Å². The van der Waals surface area contributed by atoms with Gasteiger partial charge in [-0.25, -0.2) is 0 Å². The third kappa shape index (κ3) is 3.71. The molecule has 0 aliphatic heterocycles. The minimum absolute atomic E-state index is 0.798. The van der Waals surface area contributed by atoms with Crippen molar-refractivity contribution in [2.75, 3.05) is 13.6 Å². The summed E-state index contributed by atoms with van der Waals surface area (Å²) >= 11 is 0. The summed E-state index contributed by atoms with van der Waals surface area (Å²) < 4.78 is 0. The van der Waals surface area contributed by atoms with Crippen LogP contribution in [0, 0.1) is 12.8 Å². The van der Waals surface area contributed by atoms with Gasteiger partial charge >= 0.3 is 0 Å². The Hall–Kier alpha value is -1.08. The molecule has 0 amide bonds. The maximum Gasteiger partial charge on any atom is 0.0167 e. The predicted molar refractivity (Wildman–Crippen MR) is 79.7 cm³/mol. The molecule has 2 rings (SSSR count). The lowest BCUT2D eigenvalue weighted by Crippen LogP contribution is -2.19. The van der Waals surface area contributed by atoms with Crippen LogP contribution in [0.4, 0.5) is 0 Å². The molecule has 98 valence electrons. The molecule has 0 aromatic heterocycles. The summed E-state index contributed by atoms with van der Waals surface area (Å²) in [5.41, 5.74) is 4.28. The highest BCUT2D eigenvalue weighted by molar-refractivity contribution is 5.54. The number of rotatable bonds is 4. The molecule has 1 nitrogen and oxygen atoms in total. The SMILES string of the molecule is CNCC(=Cc1cccc(C)c1)C1CCCCC1. The molecular weight excluding hydrogens is 218 g/mol. The summed E-state index contributed by atoms with van der Waals surface area (Å²) in [5, 5.41) is 3.33.